The molecule has 1 fully saturated rings. The summed E-state index contributed by atoms with van der Waals surface area (Å²) in [6.45, 7) is 2.36. The molecule has 1 aliphatic heterocycles. The molecule has 1 saturated heterocycles. The number of benzene rings is 2. The molecule has 1 N–H and O–H groups in total. The van der Waals surface area contributed by atoms with Gasteiger partial charge in [-0.2, -0.15) is 0 Å². The van der Waals surface area contributed by atoms with Crippen LogP contribution in [-0.2, 0) is 4.79 Å². The molecule has 7 nitrogen and oxygen atoms in total. The number of hydrogen-bond acceptors (Lipinski definition) is 5. The largest absolute Gasteiger partial charge is 0.493 e. The predicted octanol–water partition coefficient (Wildman–Crippen LogP) is 2.12. The van der Waals surface area contributed by atoms with E-state index >= 15 is 0 Å². The van der Waals surface area contributed by atoms with Crippen LogP contribution in [0.4, 0.5) is 5.69 Å². The van der Waals surface area contributed by atoms with Crippen LogP contribution in [0.3, 0.4) is 0 Å². The van der Waals surface area contributed by atoms with Crippen molar-refractivity contribution in [1.82, 2.24) is 4.90 Å². The normalized spacial score (nSPS) is 14.0. The quantitative estimate of drug-likeness (QED) is 0.839. The average molecular weight is 370 g/mol. The monoisotopic (exact) mass is 370 g/mol. The number of carbonyl (C=O) groups excluding carboxylic acids is 1. The third-order valence-electron chi connectivity index (χ3n) is 4.51. The lowest BCUT2D eigenvalue weighted by molar-refractivity contribution is -0.133. The molecule has 2 aromatic rings. The molecule has 0 bridgehead atoms. The summed E-state index contributed by atoms with van der Waals surface area (Å²) >= 11 is 0. The molecule has 2 aromatic carbocycles. The maximum absolute atomic E-state index is 12.4. The Morgan fingerprint density at radius 1 is 1.00 bits per heavy atom. The predicted molar refractivity (Wildman–Crippen MR) is 101 cm³/mol. The van der Waals surface area contributed by atoms with Crippen molar-refractivity contribution >= 4 is 17.6 Å². The first-order chi connectivity index (χ1) is 13.1. The van der Waals surface area contributed by atoms with Crippen LogP contribution in [0.15, 0.2) is 48.5 Å². The second kappa shape index (κ2) is 8.44. The molecule has 0 unspecified atom stereocenters. The zero-order valence-corrected chi connectivity index (χ0v) is 15.1. The molecule has 0 atom stereocenters. The molecule has 0 spiro atoms. The van der Waals surface area contributed by atoms with Gasteiger partial charge in [-0.05, 0) is 30.3 Å². The summed E-state index contributed by atoms with van der Waals surface area (Å²) in [5, 5.41) is 9.12. The smallest absolute Gasteiger partial charge is 0.335 e. The average Bonchev–Trinajstić information content (AvgIpc) is 2.72. The minimum atomic E-state index is -0.945. The number of rotatable bonds is 6. The van der Waals surface area contributed by atoms with E-state index in [0.29, 0.717) is 37.7 Å². The summed E-state index contributed by atoms with van der Waals surface area (Å²) in [6.07, 6.45) is 0. The van der Waals surface area contributed by atoms with E-state index < -0.39 is 5.97 Å². The van der Waals surface area contributed by atoms with Crippen LogP contribution in [0, 0.1) is 0 Å². The van der Waals surface area contributed by atoms with Crippen molar-refractivity contribution in [2.75, 3.05) is 44.8 Å². The van der Waals surface area contributed by atoms with E-state index in [1.54, 1.807) is 42.3 Å². The molecule has 0 aliphatic carbocycles. The molecule has 1 heterocycles. The molecule has 3 rings (SSSR count). The van der Waals surface area contributed by atoms with Gasteiger partial charge in [-0.3, -0.25) is 4.79 Å². The summed E-state index contributed by atoms with van der Waals surface area (Å²) < 4.78 is 10.8. The molecular formula is C20H22N2O5. The van der Waals surface area contributed by atoms with Gasteiger partial charge in [0.2, 0.25) is 0 Å². The van der Waals surface area contributed by atoms with Gasteiger partial charge in [-0.25, -0.2) is 4.79 Å². The van der Waals surface area contributed by atoms with E-state index in [2.05, 4.69) is 4.90 Å². The highest BCUT2D eigenvalue weighted by Gasteiger charge is 2.22. The maximum atomic E-state index is 12.4. The highest BCUT2D eigenvalue weighted by Crippen LogP contribution is 2.25. The number of anilines is 1. The lowest BCUT2D eigenvalue weighted by Gasteiger charge is -2.36. The molecule has 27 heavy (non-hydrogen) atoms. The Bertz CT molecular complexity index is 816. The number of ether oxygens (including phenoxy) is 2. The molecule has 7 heteroatoms. The zero-order chi connectivity index (χ0) is 19.2. The number of para-hydroxylation sites is 2. The van der Waals surface area contributed by atoms with Crippen molar-refractivity contribution in [2.45, 2.75) is 0 Å². The van der Waals surface area contributed by atoms with Gasteiger partial charge in [0, 0.05) is 31.9 Å². The highest BCUT2D eigenvalue weighted by atomic mass is 16.5. The number of amides is 1. The standard InChI is InChI=1S/C20H22N2O5/c1-26-17-7-2-3-8-18(17)27-14-19(23)22-11-9-21(10-12-22)16-6-4-5-15(13-16)20(24)25/h2-8,13H,9-12,14H2,1H3,(H,24,25). The number of nitrogens with zero attached hydrogens (tertiary/aromatic N) is 2. The van der Waals surface area contributed by atoms with E-state index in [4.69, 9.17) is 14.6 Å². The highest BCUT2D eigenvalue weighted by molar-refractivity contribution is 5.88. The summed E-state index contributed by atoms with van der Waals surface area (Å²) in [7, 11) is 1.56. The summed E-state index contributed by atoms with van der Waals surface area (Å²) in [5.41, 5.74) is 1.11. The van der Waals surface area contributed by atoms with E-state index in [1.807, 2.05) is 18.2 Å². The lowest BCUT2D eigenvalue weighted by atomic mass is 10.1. The number of hydrogen-bond donors (Lipinski definition) is 1. The van der Waals surface area contributed by atoms with Crippen LogP contribution in [-0.4, -0.2) is 61.8 Å². The fourth-order valence-electron chi connectivity index (χ4n) is 3.02. The molecule has 0 aromatic heterocycles. The molecule has 0 radical (unpaired) electrons. The number of carboxylic acid groups (broad SMARTS) is 1. The first-order valence-corrected chi connectivity index (χ1v) is 8.70. The summed E-state index contributed by atoms with van der Waals surface area (Å²) in [4.78, 5) is 27.4. The fraction of sp³-hybridized carbons (Fsp3) is 0.300. The lowest BCUT2D eigenvalue weighted by Crippen LogP contribution is -2.50. The van der Waals surface area contributed by atoms with Crippen molar-refractivity contribution in [3.63, 3.8) is 0 Å². The van der Waals surface area contributed by atoms with Crippen molar-refractivity contribution in [3.05, 3.63) is 54.1 Å². The van der Waals surface area contributed by atoms with Gasteiger partial charge in [-0.1, -0.05) is 18.2 Å². The van der Waals surface area contributed by atoms with Crippen LogP contribution in [0.2, 0.25) is 0 Å². The van der Waals surface area contributed by atoms with Crippen LogP contribution in [0.5, 0.6) is 11.5 Å². The summed E-state index contributed by atoms with van der Waals surface area (Å²) in [6, 6.07) is 14.1. The molecule has 142 valence electrons. The van der Waals surface area contributed by atoms with E-state index in [0.717, 1.165) is 5.69 Å². The van der Waals surface area contributed by atoms with Crippen molar-refractivity contribution in [3.8, 4) is 11.5 Å². The Morgan fingerprint density at radius 2 is 1.70 bits per heavy atom. The molecular weight excluding hydrogens is 348 g/mol. The Morgan fingerprint density at radius 3 is 2.37 bits per heavy atom. The van der Waals surface area contributed by atoms with Crippen molar-refractivity contribution in [1.29, 1.82) is 0 Å². The van der Waals surface area contributed by atoms with Gasteiger partial charge in [0.05, 0.1) is 12.7 Å². The van der Waals surface area contributed by atoms with Crippen LogP contribution in [0.1, 0.15) is 10.4 Å². The number of methoxy groups -OCH3 is 1. The van der Waals surface area contributed by atoms with Crippen LogP contribution < -0.4 is 14.4 Å². The number of carboxylic acids is 1. The van der Waals surface area contributed by atoms with E-state index in [1.165, 1.54) is 0 Å². The second-order valence-corrected chi connectivity index (χ2v) is 6.16. The Labute approximate surface area is 157 Å². The SMILES string of the molecule is COc1ccccc1OCC(=O)N1CCN(c2cccc(C(=O)O)c2)CC1. The third kappa shape index (κ3) is 4.49. The first kappa shape index (κ1) is 18.6. The van der Waals surface area contributed by atoms with Crippen molar-refractivity contribution in [2.24, 2.45) is 0 Å². The van der Waals surface area contributed by atoms with Gasteiger partial charge < -0.3 is 24.4 Å². The van der Waals surface area contributed by atoms with Crippen molar-refractivity contribution < 1.29 is 24.2 Å². The second-order valence-electron chi connectivity index (χ2n) is 6.16. The van der Waals surface area contributed by atoms with Gasteiger partial charge in [0.15, 0.2) is 18.1 Å². The Balaban J connectivity index is 1.53. The molecule has 0 saturated carbocycles. The van der Waals surface area contributed by atoms with Gasteiger partial charge >= 0.3 is 5.97 Å². The maximum Gasteiger partial charge on any atom is 0.335 e. The topological polar surface area (TPSA) is 79.3 Å². The molecule has 1 amide bonds. The van der Waals surface area contributed by atoms with Gasteiger partial charge in [-0.15, -0.1) is 0 Å². The van der Waals surface area contributed by atoms with Crippen LogP contribution >= 0.6 is 0 Å². The third-order valence-corrected chi connectivity index (χ3v) is 4.51. The Kier molecular flexibility index (Phi) is 5.80. The van der Waals surface area contributed by atoms with Gasteiger partial charge in [0.25, 0.3) is 5.91 Å². The molecule has 1 aliphatic rings. The minimum absolute atomic E-state index is 0.0468. The first-order valence-electron chi connectivity index (χ1n) is 8.70. The number of aromatic carboxylic acids is 1. The minimum Gasteiger partial charge on any atom is -0.493 e. The number of piperazine rings is 1. The van der Waals surface area contributed by atoms with Gasteiger partial charge in [0.1, 0.15) is 0 Å². The fourth-order valence-corrected chi connectivity index (χ4v) is 3.02. The number of carbonyl (C=O) groups is 2. The van der Waals surface area contributed by atoms with E-state index in [9.17, 15) is 9.59 Å². The summed E-state index contributed by atoms with van der Waals surface area (Å²) in [5.74, 6) is 0.102. The van der Waals surface area contributed by atoms with E-state index in [-0.39, 0.29) is 18.1 Å². The zero-order valence-electron chi connectivity index (χ0n) is 15.1. The van der Waals surface area contributed by atoms with Crippen LogP contribution in [0.25, 0.3) is 0 Å². The Hall–Kier alpha value is -3.22.